The van der Waals surface area contributed by atoms with E-state index in [-0.39, 0.29) is 30.8 Å². The molecule has 1 aromatic heterocycles. The third-order valence-corrected chi connectivity index (χ3v) is 2.28. The Bertz CT molecular complexity index is 390. The summed E-state index contributed by atoms with van der Waals surface area (Å²) in [7, 11) is 0. The molecule has 0 aliphatic rings. The maximum atomic E-state index is 11.5. The molecule has 0 aromatic carbocycles. The Morgan fingerprint density at radius 2 is 2.11 bits per heavy atom. The zero-order valence-electron chi connectivity index (χ0n) is 10.3. The number of tetrazole rings is 1. The van der Waals surface area contributed by atoms with Crippen molar-refractivity contribution in [3.8, 4) is 0 Å². The number of amides is 2. The van der Waals surface area contributed by atoms with Crippen molar-refractivity contribution in [3.05, 3.63) is 5.82 Å². The van der Waals surface area contributed by atoms with E-state index in [1.807, 2.05) is 13.8 Å². The lowest BCUT2D eigenvalue weighted by atomic mass is 10.1. The zero-order chi connectivity index (χ0) is 13.5. The summed E-state index contributed by atoms with van der Waals surface area (Å²) in [4.78, 5) is 22.8. The molecule has 0 unspecified atom stereocenters. The molecule has 18 heavy (non-hydrogen) atoms. The van der Waals surface area contributed by atoms with Crippen LogP contribution in [0.25, 0.3) is 0 Å². The molecular formula is C9H17N7O2. The number of nitrogens with zero attached hydrogens (tertiary/aromatic N) is 3. The summed E-state index contributed by atoms with van der Waals surface area (Å²) in [6.07, 6.45) is 0. The number of rotatable bonds is 6. The molecule has 5 N–H and O–H groups in total. The second kappa shape index (κ2) is 6.64. The monoisotopic (exact) mass is 255 g/mol. The molecule has 0 aliphatic carbocycles. The summed E-state index contributed by atoms with van der Waals surface area (Å²) >= 11 is 0. The first-order chi connectivity index (χ1) is 8.50. The smallest absolute Gasteiger partial charge is 0.239 e. The highest BCUT2D eigenvalue weighted by Crippen LogP contribution is 1.97. The summed E-state index contributed by atoms with van der Waals surface area (Å²) in [6.45, 7) is 3.69. The van der Waals surface area contributed by atoms with Crippen molar-refractivity contribution in [2.24, 2.45) is 11.7 Å². The van der Waals surface area contributed by atoms with E-state index in [2.05, 4.69) is 31.3 Å². The van der Waals surface area contributed by atoms with E-state index >= 15 is 0 Å². The number of hydrogen-bond acceptors (Lipinski definition) is 6. The SMILES string of the molecule is CC(C)[C@H](N)C(=O)NCC(=O)NCc1nn[nH]n1. The maximum absolute atomic E-state index is 11.5. The molecule has 9 heteroatoms. The van der Waals surface area contributed by atoms with Crippen molar-refractivity contribution < 1.29 is 9.59 Å². The van der Waals surface area contributed by atoms with Crippen molar-refractivity contribution in [2.75, 3.05) is 6.54 Å². The largest absolute Gasteiger partial charge is 0.347 e. The minimum Gasteiger partial charge on any atom is -0.347 e. The van der Waals surface area contributed by atoms with Crippen LogP contribution in [0.15, 0.2) is 0 Å². The number of hydrogen-bond donors (Lipinski definition) is 4. The van der Waals surface area contributed by atoms with Crippen LogP contribution in [0.4, 0.5) is 0 Å². The Morgan fingerprint density at radius 3 is 2.67 bits per heavy atom. The van der Waals surface area contributed by atoms with Gasteiger partial charge >= 0.3 is 0 Å². The summed E-state index contributed by atoms with van der Waals surface area (Å²) < 4.78 is 0. The minimum absolute atomic E-state index is 0.0207. The van der Waals surface area contributed by atoms with Gasteiger partial charge in [-0.1, -0.05) is 19.1 Å². The van der Waals surface area contributed by atoms with Gasteiger partial charge < -0.3 is 16.4 Å². The van der Waals surface area contributed by atoms with Gasteiger partial charge in [0.15, 0.2) is 5.82 Å². The average Bonchev–Trinajstić information content (AvgIpc) is 2.85. The van der Waals surface area contributed by atoms with Gasteiger partial charge in [0.1, 0.15) is 0 Å². The van der Waals surface area contributed by atoms with E-state index in [1.54, 1.807) is 0 Å². The molecule has 9 nitrogen and oxygen atoms in total. The lowest BCUT2D eigenvalue weighted by Crippen LogP contribution is -2.47. The van der Waals surface area contributed by atoms with Crippen LogP contribution in [0.1, 0.15) is 19.7 Å². The highest BCUT2D eigenvalue weighted by molar-refractivity contribution is 5.87. The lowest BCUT2D eigenvalue weighted by molar-refractivity contribution is -0.127. The van der Waals surface area contributed by atoms with Crippen molar-refractivity contribution in [1.29, 1.82) is 0 Å². The van der Waals surface area contributed by atoms with E-state index in [0.717, 1.165) is 0 Å². The maximum Gasteiger partial charge on any atom is 0.239 e. The summed E-state index contributed by atoms with van der Waals surface area (Å²) in [6, 6.07) is -0.616. The molecule has 0 fully saturated rings. The molecule has 0 saturated carbocycles. The van der Waals surface area contributed by atoms with Crippen molar-refractivity contribution in [1.82, 2.24) is 31.3 Å². The first kappa shape index (κ1) is 14.0. The Labute approximate surface area is 104 Å². The first-order valence-corrected chi connectivity index (χ1v) is 5.53. The van der Waals surface area contributed by atoms with Crippen LogP contribution in [0, 0.1) is 5.92 Å². The Kier molecular flexibility index (Phi) is 5.18. The highest BCUT2D eigenvalue weighted by Gasteiger charge is 2.17. The Hall–Kier alpha value is -2.03. The molecule has 0 spiro atoms. The quantitative estimate of drug-likeness (QED) is 0.460. The molecular weight excluding hydrogens is 238 g/mol. The number of aromatic amines is 1. The molecule has 0 saturated heterocycles. The molecule has 0 bridgehead atoms. The van der Waals surface area contributed by atoms with Crippen LogP contribution < -0.4 is 16.4 Å². The number of aromatic nitrogens is 4. The van der Waals surface area contributed by atoms with Crippen molar-refractivity contribution in [2.45, 2.75) is 26.4 Å². The Balaban J connectivity index is 2.23. The molecule has 2 amide bonds. The molecule has 1 heterocycles. The van der Waals surface area contributed by atoms with E-state index in [4.69, 9.17) is 5.73 Å². The molecule has 0 aliphatic heterocycles. The van der Waals surface area contributed by atoms with E-state index < -0.39 is 6.04 Å². The molecule has 1 rings (SSSR count). The molecule has 1 aromatic rings. The van der Waals surface area contributed by atoms with Crippen LogP contribution in [0.5, 0.6) is 0 Å². The first-order valence-electron chi connectivity index (χ1n) is 5.53. The standard InChI is InChI=1S/C9H17N7O2/c1-5(2)8(10)9(18)12-4-7(17)11-3-6-13-15-16-14-6/h5,8H,3-4,10H2,1-2H3,(H,11,17)(H,12,18)(H,13,14,15,16)/t8-/m0/s1. The van der Waals surface area contributed by atoms with Crippen molar-refractivity contribution >= 4 is 11.8 Å². The van der Waals surface area contributed by atoms with Gasteiger partial charge in [-0.3, -0.25) is 9.59 Å². The van der Waals surface area contributed by atoms with Gasteiger partial charge in [-0.2, -0.15) is 5.21 Å². The van der Waals surface area contributed by atoms with E-state index in [1.165, 1.54) is 0 Å². The van der Waals surface area contributed by atoms with Gasteiger partial charge in [0.25, 0.3) is 0 Å². The number of carbonyl (C=O) groups is 2. The number of nitrogens with two attached hydrogens (primary N) is 1. The van der Waals surface area contributed by atoms with Gasteiger partial charge in [0.05, 0.1) is 19.1 Å². The fourth-order valence-corrected chi connectivity index (χ4v) is 1.09. The fraction of sp³-hybridized carbons (Fsp3) is 0.667. The van der Waals surface area contributed by atoms with Gasteiger partial charge in [0.2, 0.25) is 11.8 Å². The topological polar surface area (TPSA) is 139 Å². The molecule has 1 atom stereocenters. The van der Waals surface area contributed by atoms with Gasteiger partial charge in [-0.15, -0.1) is 10.2 Å². The third kappa shape index (κ3) is 4.45. The fourth-order valence-electron chi connectivity index (χ4n) is 1.09. The lowest BCUT2D eigenvalue weighted by Gasteiger charge is -2.14. The van der Waals surface area contributed by atoms with Gasteiger partial charge in [0, 0.05) is 0 Å². The highest BCUT2D eigenvalue weighted by atomic mass is 16.2. The molecule has 100 valence electrons. The number of H-pyrrole nitrogens is 1. The van der Waals surface area contributed by atoms with E-state index in [9.17, 15) is 9.59 Å². The Morgan fingerprint density at radius 1 is 1.39 bits per heavy atom. The average molecular weight is 255 g/mol. The number of carbonyl (C=O) groups excluding carboxylic acids is 2. The number of nitrogens with one attached hydrogen (secondary N) is 3. The van der Waals surface area contributed by atoms with Crippen LogP contribution in [-0.2, 0) is 16.1 Å². The van der Waals surface area contributed by atoms with Crippen LogP contribution in [0.3, 0.4) is 0 Å². The zero-order valence-corrected chi connectivity index (χ0v) is 10.3. The summed E-state index contributed by atoms with van der Waals surface area (Å²) in [5.41, 5.74) is 5.62. The van der Waals surface area contributed by atoms with Gasteiger partial charge in [-0.25, -0.2) is 0 Å². The summed E-state index contributed by atoms with van der Waals surface area (Å²) in [5, 5.41) is 17.9. The normalized spacial score (nSPS) is 12.2. The molecule has 0 radical (unpaired) electrons. The minimum atomic E-state index is -0.616. The third-order valence-electron chi connectivity index (χ3n) is 2.28. The van der Waals surface area contributed by atoms with Crippen LogP contribution in [0.2, 0.25) is 0 Å². The second-order valence-electron chi connectivity index (χ2n) is 4.09. The van der Waals surface area contributed by atoms with Crippen LogP contribution in [-0.4, -0.2) is 45.0 Å². The predicted octanol–water partition coefficient (Wildman–Crippen LogP) is -2.08. The predicted molar refractivity (Wildman–Crippen MR) is 61.8 cm³/mol. The van der Waals surface area contributed by atoms with Crippen molar-refractivity contribution in [3.63, 3.8) is 0 Å². The van der Waals surface area contributed by atoms with Gasteiger partial charge in [-0.05, 0) is 5.92 Å². The van der Waals surface area contributed by atoms with Crippen LogP contribution >= 0.6 is 0 Å². The summed E-state index contributed by atoms with van der Waals surface area (Å²) in [5.74, 6) is -0.301. The van der Waals surface area contributed by atoms with E-state index in [0.29, 0.717) is 5.82 Å². The second-order valence-corrected chi connectivity index (χ2v) is 4.09.